The van der Waals surface area contributed by atoms with Crippen LogP contribution in [0.3, 0.4) is 0 Å². The number of nitrogens with one attached hydrogen (secondary N) is 1. The molecule has 9 heteroatoms. The highest BCUT2D eigenvalue weighted by Gasteiger charge is 2.29. The number of rotatable bonds is 6. The van der Waals surface area contributed by atoms with Gasteiger partial charge in [-0.25, -0.2) is 13.2 Å². The topological polar surface area (TPSA) is 92.8 Å². The zero-order valence-electron chi connectivity index (χ0n) is 15.0. The lowest BCUT2D eigenvalue weighted by atomic mass is 10.2. The Hall–Kier alpha value is -2.58. The Morgan fingerprint density at radius 1 is 1.15 bits per heavy atom. The maximum atomic E-state index is 12.6. The molecule has 0 fully saturated rings. The number of ether oxygens (including phenoxy) is 1. The van der Waals surface area contributed by atoms with E-state index in [9.17, 15) is 18.0 Å². The summed E-state index contributed by atoms with van der Waals surface area (Å²) in [7, 11) is -2.49. The van der Waals surface area contributed by atoms with Gasteiger partial charge in [0.15, 0.2) is 0 Å². The van der Waals surface area contributed by atoms with E-state index in [-0.39, 0.29) is 16.3 Å². The molecule has 0 aliphatic carbocycles. The van der Waals surface area contributed by atoms with Crippen LogP contribution >= 0.6 is 11.6 Å². The van der Waals surface area contributed by atoms with Crippen LogP contribution in [0, 0.1) is 0 Å². The molecule has 0 aliphatic rings. The summed E-state index contributed by atoms with van der Waals surface area (Å²) in [5, 5.41) is 2.78. The van der Waals surface area contributed by atoms with Crippen molar-refractivity contribution in [3.05, 3.63) is 59.1 Å². The molecule has 0 aromatic heterocycles. The minimum Gasteiger partial charge on any atom is -0.465 e. The average Bonchev–Trinajstić information content (AvgIpc) is 2.62. The molecule has 1 atom stereocenters. The molecule has 0 unspecified atom stereocenters. The van der Waals surface area contributed by atoms with Crippen LogP contribution in [0.1, 0.15) is 17.3 Å². The molecule has 0 aliphatic heterocycles. The molecule has 0 bridgehead atoms. The summed E-state index contributed by atoms with van der Waals surface area (Å²) >= 11 is 5.96. The number of halogens is 1. The Kier molecular flexibility index (Phi) is 6.45. The van der Waals surface area contributed by atoms with Gasteiger partial charge in [-0.15, -0.1) is 0 Å². The van der Waals surface area contributed by atoms with Crippen LogP contribution in [0.5, 0.6) is 0 Å². The first kappa shape index (κ1) is 20.7. The minimum atomic E-state index is -3.71. The maximum absolute atomic E-state index is 12.6. The number of benzene rings is 2. The Morgan fingerprint density at radius 2 is 1.78 bits per heavy atom. The standard InChI is InChI=1S/C18H19ClN2O5S/c1-12(21(27(3,24)25)14-7-5-4-6-8-14)17(22)20-13-9-10-16(19)15(11-13)18(23)26-2/h4-12H,1-3H3,(H,20,22)/t12-/m1/s1. The van der Waals surface area contributed by atoms with Crippen molar-refractivity contribution in [2.45, 2.75) is 13.0 Å². The summed E-state index contributed by atoms with van der Waals surface area (Å²) in [4.78, 5) is 24.4. The van der Waals surface area contributed by atoms with Gasteiger partial charge in [0.1, 0.15) is 6.04 Å². The van der Waals surface area contributed by atoms with Crippen LogP contribution < -0.4 is 9.62 Å². The number of esters is 1. The molecule has 0 heterocycles. The lowest BCUT2D eigenvalue weighted by Gasteiger charge is -2.28. The first-order chi connectivity index (χ1) is 12.6. The fourth-order valence-corrected chi connectivity index (χ4v) is 3.87. The largest absolute Gasteiger partial charge is 0.465 e. The number of nitrogens with zero attached hydrogens (tertiary/aromatic N) is 1. The smallest absolute Gasteiger partial charge is 0.339 e. The fraction of sp³-hybridized carbons (Fsp3) is 0.222. The van der Waals surface area contributed by atoms with Crippen molar-refractivity contribution in [2.75, 3.05) is 23.0 Å². The van der Waals surface area contributed by atoms with Crippen molar-refractivity contribution in [3.63, 3.8) is 0 Å². The lowest BCUT2D eigenvalue weighted by molar-refractivity contribution is -0.116. The minimum absolute atomic E-state index is 0.0904. The Labute approximate surface area is 162 Å². The van der Waals surface area contributed by atoms with Gasteiger partial charge in [0.2, 0.25) is 15.9 Å². The van der Waals surface area contributed by atoms with Gasteiger partial charge in [-0.3, -0.25) is 9.10 Å². The summed E-state index contributed by atoms with van der Waals surface area (Å²) in [5.74, 6) is -1.21. The number of hydrogen-bond donors (Lipinski definition) is 1. The van der Waals surface area contributed by atoms with Crippen molar-refractivity contribution in [1.29, 1.82) is 0 Å². The van der Waals surface area contributed by atoms with Gasteiger partial charge in [0.05, 0.1) is 29.6 Å². The van der Waals surface area contributed by atoms with E-state index >= 15 is 0 Å². The molecule has 144 valence electrons. The molecule has 1 N–H and O–H groups in total. The number of methoxy groups -OCH3 is 1. The van der Waals surface area contributed by atoms with Crippen LogP contribution in [0.15, 0.2) is 48.5 Å². The summed E-state index contributed by atoms with van der Waals surface area (Å²) < 4.78 is 30.1. The van der Waals surface area contributed by atoms with E-state index in [4.69, 9.17) is 11.6 Å². The highest BCUT2D eigenvalue weighted by Crippen LogP contribution is 2.24. The third kappa shape index (κ3) is 4.99. The van der Waals surface area contributed by atoms with E-state index in [0.29, 0.717) is 5.69 Å². The maximum Gasteiger partial charge on any atom is 0.339 e. The molecule has 0 saturated carbocycles. The molecular formula is C18H19ClN2O5S. The van der Waals surface area contributed by atoms with Crippen molar-refractivity contribution < 1.29 is 22.7 Å². The second kappa shape index (κ2) is 8.41. The van der Waals surface area contributed by atoms with Crippen LogP contribution in [0.2, 0.25) is 5.02 Å². The van der Waals surface area contributed by atoms with Gasteiger partial charge in [-0.2, -0.15) is 0 Å². The van der Waals surface area contributed by atoms with E-state index in [2.05, 4.69) is 10.1 Å². The number of carbonyl (C=O) groups is 2. The number of sulfonamides is 1. The summed E-state index contributed by atoms with van der Waals surface area (Å²) in [6.45, 7) is 1.47. The number of amides is 1. The molecule has 27 heavy (non-hydrogen) atoms. The van der Waals surface area contributed by atoms with Gasteiger partial charge < -0.3 is 10.1 Å². The monoisotopic (exact) mass is 410 g/mol. The van der Waals surface area contributed by atoms with E-state index in [1.807, 2.05) is 0 Å². The molecule has 1 amide bonds. The van der Waals surface area contributed by atoms with Gasteiger partial charge in [0, 0.05) is 5.69 Å². The van der Waals surface area contributed by atoms with E-state index in [1.165, 1.54) is 32.2 Å². The van der Waals surface area contributed by atoms with E-state index in [1.54, 1.807) is 30.3 Å². The second-order valence-corrected chi connectivity index (χ2v) is 8.01. The second-order valence-electron chi connectivity index (χ2n) is 5.75. The van der Waals surface area contributed by atoms with Gasteiger partial charge in [0.25, 0.3) is 0 Å². The van der Waals surface area contributed by atoms with Crippen molar-refractivity contribution in [1.82, 2.24) is 0 Å². The molecule has 2 aromatic carbocycles. The summed E-state index contributed by atoms with van der Waals surface area (Å²) in [6.07, 6.45) is 1.03. The van der Waals surface area contributed by atoms with Gasteiger partial charge in [-0.1, -0.05) is 29.8 Å². The number of para-hydroxylation sites is 1. The lowest BCUT2D eigenvalue weighted by Crippen LogP contribution is -2.45. The van der Waals surface area contributed by atoms with E-state index in [0.717, 1.165) is 10.6 Å². The normalized spacial score (nSPS) is 12.1. The third-order valence-corrected chi connectivity index (χ3v) is 5.31. The van der Waals surface area contributed by atoms with Crippen LogP contribution in [0.4, 0.5) is 11.4 Å². The highest BCUT2D eigenvalue weighted by atomic mass is 35.5. The Bertz CT molecular complexity index is 947. The first-order valence-electron chi connectivity index (χ1n) is 7.88. The fourth-order valence-electron chi connectivity index (χ4n) is 2.50. The predicted molar refractivity (Wildman–Crippen MR) is 105 cm³/mol. The highest BCUT2D eigenvalue weighted by molar-refractivity contribution is 7.92. The number of anilines is 2. The molecule has 0 radical (unpaired) electrons. The van der Waals surface area contributed by atoms with Crippen LogP contribution in [-0.2, 0) is 19.6 Å². The predicted octanol–water partition coefficient (Wildman–Crippen LogP) is 2.92. The van der Waals surface area contributed by atoms with Crippen molar-refractivity contribution >= 4 is 44.9 Å². The van der Waals surface area contributed by atoms with Gasteiger partial charge in [-0.05, 0) is 37.3 Å². The Balaban J connectivity index is 2.30. The molecule has 2 aromatic rings. The average molecular weight is 411 g/mol. The first-order valence-corrected chi connectivity index (χ1v) is 10.1. The van der Waals surface area contributed by atoms with Crippen LogP contribution in [0.25, 0.3) is 0 Å². The molecular weight excluding hydrogens is 392 g/mol. The van der Waals surface area contributed by atoms with Crippen molar-refractivity contribution in [2.24, 2.45) is 0 Å². The van der Waals surface area contributed by atoms with E-state index < -0.39 is 27.9 Å². The summed E-state index contributed by atoms with van der Waals surface area (Å²) in [6, 6.07) is 11.6. The number of carbonyl (C=O) groups excluding carboxylic acids is 2. The molecule has 0 saturated heterocycles. The quantitative estimate of drug-likeness (QED) is 0.739. The third-order valence-electron chi connectivity index (χ3n) is 3.74. The molecule has 2 rings (SSSR count). The van der Waals surface area contributed by atoms with Gasteiger partial charge >= 0.3 is 5.97 Å². The zero-order chi connectivity index (χ0) is 20.2. The molecule has 7 nitrogen and oxygen atoms in total. The zero-order valence-corrected chi connectivity index (χ0v) is 16.5. The SMILES string of the molecule is COC(=O)c1cc(NC(=O)[C@@H](C)N(c2ccccc2)S(C)(=O)=O)ccc1Cl. The molecule has 0 spiro atoms. The summed E-state index contributed by atoms with van der Waals surface area (Å²) in [5.41, 5.74) is 0.750. The van der Waals surface area contributed by atoms with Crippen molar-refractivity contribution in [3.8, 4) is 0 Å². The van der Waals surface area contributed by atoms with Crippen LogP contribution in [-0.4, -0.2) is 39.7 Å². The number of hydrogen-bond acceptors (Lipinski definition) is 5. The Morgan fingerprint density at radius 3 is 2.33 bits per heavy atom.